The van der Waals surface area contributed by atoms with Crippen molar-refractivity contribution in [2.75, 3.05) is 17.2 Å². The molecule has 108 valence electrons. The average molecular weight is 366 g/mol. The van der Waals surface area contributed by atoms with E-state index in [0.29, 0.717) is 27.3 Å². The van der Waals surface area contributed by atoms with E-state index in [1.165, 1.54) is 0 Å². The molecule has 0 atom stereocenters. The third-order valence-electron chi connectivity index (χ3n) is 3.63. The Bertz CT molecular complexity index is 717. The van der Waals surface area contributed by atoms with Crippen LogP contribution in [0.25, 0.3) is 0 Å². The summed E-state index contributed by atoms with van der Waals surface area (Å²) in [6.07, 6.45) is 1.93. The van der Waals surface area contributed by atoms with Crippen LogP contribution in [-0.2, 0) is 6.42 Å². The van der Waals surface area contributed by atoms with Crippen molar-refractivity contribution >= 4 is 44.8 Å². The Morgan fingerprint density at radius 1 is 1.24 bits per heavy atom. The Labute approximate surface area is 136 Å². The number of halogens is 2. The minimum atomic E-state index is -0.0370. The third-order valence-corrected chi connectivity index (χ3v) is 4.53. The number of hydrogen-bond donors (Lipinski definition) is 1. The van der Waals surface area contributed by atoms with Gasteiger partial charge in [-0.25, -0.2) is 0 Å². The smallest absolute Gasteiger partial charge is 0.259 e. The van der Waals surface area contributed by atoms with Gasteiger partial charge >= 0.3 is 0 Å². The van der Waals surface area contributed by atoms with Crippen molar-refractivity contribution in [2.24, 2.45) is 0 Å². The molecule has 21 heavy (non-hydrogen) atoms. The molecule has 0 unspecified atom stereocenters. The number of carbonyl (C=O) groups is 1. The Morgan fingerprint density at radius 2 is 2.05 bits per heavy atom. The van der Waals surface area contributed by atoms with Crippen LogP contribution in [0.3, 0.4) is 0 Å². The molecule has 0 saturated heterocycles. The Hall–Kier alpha value is -1.52. The molecular weight excluding hydrogens is 352 g/mol. The lowest BCUT2D eigenvalue weighted by atomic mass is 10.00. The molecule has 1 heterocycles. The van der Waals surface area contributed by atoms with Gasteiger partial charge in [0.15, 0.2) is 0 Å². The van der Waals surface area contributed by atoms with Crippen LogP contribution in [0, 0.1) is 0 Å². The molecule has 3 rings (SSSR count). The van der Waals surface area contributed by atoms with Crippen molar-refractivity contribution in [1.29, 1.82) is 0 Å². The maximum absolute atomic E-state index is 12.8. The number of nitrogens with two attached hydrogens (primary N) is 1. The molecule has 1 aliphatic heterocycles. The molecule has 0 aliphatic carbocycles. The zero-order chi connectivity index (χ0) is 15.0. The van der Waals surface area contributed by atoms with E-state index in [-0.39, 0.29) is 5.91 Å². The first-order valence-electron chi connectivity index (χ1n) is 6.71. The van der Waals surface area contributed by atoms with Gasteiger partial charge in [-0.2, -0.15) is 0 Å². The first kappa shape index (κ1) is 14.4. The molecular formula is C16H14BrClN2O. The van der Waals surface area contributed by atoms with Crippen LogP contribution in [0.4, 0.5) is 11.4 Å². The molecule has 3 nitrogen and oxygen atoms in total. The lowest BCUT2D eigenvalue weighted by molar-refractivity contribution is 0.0984. The van der Waals surface area contributed by atoms with Crippen molar-refractivity contribution < 1.29 is 4.79 Å². The molecule has 1 aliphatic rings. The predicted octanol–water partition coefficient (Wildman–Crippen LogP) is 4.28. The number of nitrogens with zero attached hydrogens (tertiary/aromatic N) is 1. The number of amides is 1. The van der Waals surface area contributed by atoms with Crippen LogP contribution < -0.4 is 10.6 Å². The van der Waals surface area contributed by atoms with E-state index in [0.717, 1.165) is 24.1 Å². The highest BCUT2D eigenvalue weighted by Crippen LogP contribution is 2.32. The summed E-state index contributed by atoms with van der Waals surface area (Å²) in [4.78, 5) is 14.6. The highest BCUT2D eigenvalue weighted by Gasteiger charge is 2.25. The zero-order valence-corrected chi connectivity index (χ0v) is 13.6. The minimum Gasteiger partial charge on any atom is -0.399 e. The third kappa shape index (κ3) is 2.78. The molecule has 0 spiro atoms. The summed E-state index contributed by atoms with van der Waals surface area (Å²) in [6, 6.07) is 11.0. The van der Waals surface area contributed by atoms with E-state index in [2.05, 4.69) is 15.9 Å². The molecule has 0 fully saturated rings. The number of hydrogen-bond acceptors (Lipinski definition) is 2. The molecule has 5 heteroatoms. The highest BCUT2D eigenvalue weighted by molar-refractivity contribution is 9.10. The van der Waals surface area contributed by atoms with Crippen LogP contribution in [0.15, 0.2) is 40.9 Å². The molecule has 1 amide bonds. The quantitative estimate of drug-likeness (QED) is 0.767. The molecule has 0 radical (unpaired) electrons. The second kappa shape index (κ2) is 5.70. The van der Waals surface area contributed by atoms with Gasteiger partial charge in [-0.1, -0.05) is 17.7 Å². The van der Waals surface area contributed by atoms with Gasteiger partial charge in [0.05, 0.1) is 5.56 Å². The SMILES string of the molecule is Nc1ccc2c(c1)N(C(=O)c1ccc(Cl)cc1Br)CCC2. The van der Waals surface area contributed by atoms with Crippen molar-refractivity contribution in [2.45, 2.75) is 12.8 Å². The molecule has 2 aromatic rings. The maximum Gasteiger partial charge on any atom is 0.259 e. The fourth-order valence-electron chi connectivity index (χ4n) is 2.61. The molecule has 2 aromatic carbocycles. The van der Waals surface area contributed by atoms with E-state index >= 15 is 0 Å². The van der Waals surface area contributed by atoms with E-state index in [9.17, 15) is 4.79 Å². The number of fused-ring (bicyclic) bond motifs is 1. The van der Waals surface area contributed by atoms with Gasteiger partial charge in [-0.15, -0.1) is 0 Å². The van der Waals surface area contributed by atoms with E-state index in [4.69, 9.17) is 17.3 Å². The molecule has 0 bridgehead atoms. The normalized spacial score (nSPS) is 13.9. The number of nitrogen functional groups attached to an aromatic ring is 1. The summed E-state index contributed by atoms with van der Waals surface area (Å²) in [7, 11) is 0. The Kier molecular flexibility index (Phi) is 3.91. The fourth-order valence-corrected chi connectivity index (χ4v) is 3.46. The zero-order valence-electron chi connectivity index (χ0n) is 11.3. The fraction of sp³-hybridized carbons (Fsp3) is 0.188. The van der Waals surface area contributed by atoms with Crippen molar-refractivity contribution in [1.82, 2.24) is 0 Å². The van der Waals surface area contributed by atoms with E-state index < -0.39 is 0 Å². The van der Waals surface area contributed by atoms with E-state index in [1.54, 1.807) is 23.1 Å². The maximum atomic E-state index is 12.8. The lowest BCUT2D eigenvalue weighted by Crippen LogP contribution is -2.35. The van der Waals surface area contributed by atoms with Gasteiger partial charge in [-0.05, 0) is 64.7 Å². The monoisotopic (exact) mass is 364 g/mol. The first-order valence-corrected chi connectivity index (χ1v) is 7.88. The van der Waals surface area contributed by atoms with Gasteiger partial charge < -0.3 is 10.6 Å². The summed E-state index contributed by atoms with van der Waals surface area (Å²) in [5, 5.41) is 0.599. The summed E-state index contributed by atoms with van der Waals surface area (Å²) < 4.78 is 0.705. The largest absolute Gasteiger partial charge is 0.399 e. The Balaban J connectivity index is 2.02. The van der Waals surface area contributed by atoms with Crippen LogP contribution in [0.2, 0.25) is 5.02 Å². The number of carbonyl (C=O) groups excluding carboxylic acids is 1. The van der Waals surface area contributed by atoms with Crippen molar-refractivity contribution in [3.63, 3.8) is 0 Å². The first-order chi connectivity index (χ1) is 10.1. The number of aryl methyl sites for hydroxylation is 1. The van der Waals surface area contributed by atoms with Gasteiger partial charge in [0.2, 0.25) is 0 Å². The summed E-state index contributed by atoms with van der Waals surface area (Å²) in [5.74, 6) is -0.0370. The van der Waals surface area contributed by atoms with Crippen LogP contribution in [-0.4, -0.2) is 12.5 Å². The molecule has 2 N–H and O–H groups in total. The number of benzene rings is 2. The van der Waals surface area contributed by atoms with Gasteiger partial charge in [0.1, 0.15) is 0 Å². The van der Waals surface area contributed by atoms with Crippen molar-refractivity contribution in [3.8, 4) is 0 Å². The van der Waals surface area contributed by atoms with Gasteiger partial charge in [-0.3, -0.25) is 4.79 Å². The number of rotatable bonds is 1. The highest BCUT2D eigenvalue weighted by atomic mass is 79.9. The average Bonchev–Trinajstić information content (AvgIpc) is 2.46. The van der Waals surface area contributed by atoms with Crippen LogP contribution in [0.5, 0.6) is 0 Å². The van der Waals surface area contributed by atoms with Gasteiger partial charge in [0.25, 0.3) is 5.91 Å². The molecule has 0 saturated carbocycles. The standard InChI is InChI=1S/C16H14BrClN2O/c17-14-8-11(18)4-6-13(14)16(21)20-7-1-2-10-3-5-12(19)9-15(10)20/h3-6,8-9H,1-2,7,19H2. The predicted molar refractivity (Wildman–Crippen MR) is 90.0 cm³/mol. The molecule has 0 aromatic heterocycles. The Morgan fingerprint density at radius 3 is 2.81 bits per heavy atom. The van der Waals surface area contributed by atoms with Gasteiger partial charge in [0, 0.05) is 27.4 Å². The second-order valence-corrected chi connectivity index (χ2v) is 6.36. The van der Waals surface area contributed by atoms with E-state index in [1.807, 2.05) is 18.2 Å². The lowest BCUT2D eigenvalue weighted by Gasteiger charge is -2.30. The number of anilines is 2. The second-order valence-electron chi connectivity index (χ2n) is 5.07. The summed E-state index contributed by atoms with van der Waals surface area (Å²) in [5.41, 5.74) is 9.22. The van der Waals surface area contributed by atoms with Crippen molar-refractivity contribution in [3.05, 3.63) is 57.0 Å². The van der Waals surface area contributed by atoms with Crippen LogP contribution >= 0.6 is 27.5 Å². The van der Waals surface area contributed by atoms with Crippen LogP contribution in [0.1, 0.15) is 22.3 Å². The minimum absolute atomic E-state index is 0.0370. The summed E-state index contributed by atoms with van der Waals surface area (Å²) in [6.45, 7) is 0.699. The summed E-state index contributed by atoms with van der Waals surface area (Å²) >= 11 is 9.35. The topological polar surface area (TPSA) is 46.3 Å².